The second kappa shape index (κ2) is 10.5. The number of carbonyl (C=O) groups excluding carboxylic acids is 3. The van der Waals surface area contributed by atoms with Crippen molar-refractivity contribution >= 4 is 35.0 Å². The quantitative estimate of drug-likeness (QED) is 0.270. The van der Waals surface area contributed by atoms with Gasteiger partial charge in [-0.25, -0.2) is 14.2 Å². The lowest BCUT2D eigenvalue weighted by atomic mass is 9.81. The molecule has 3 aromatic rings. The minimum Gasteiger partial charge on any atom is -0.478 e. The number of anilines is 1. The topological polar surface area (TPSA) is 116 Å². The molecule has 0 unspecified atom stereocenters. The second-order valence-corrected chi connectivity index (χ2v) is 13.4. The molecule has 10 heteroatoms. The summed E-state index contributed by atoms with van der Waals surface area (Å²) in [6, 6.07) is 8.70. The summed E-state index contributed by atoms with van der Waals surface area (Å²) in [5.74, 6) is -1.62. The van der Waals surface area contributed by atoms with Gasteiger partial charge < -0.3 is 19.6 Å². The van der Waals surface area contributed by atoms with Gasteiger partial charge in [0.15, 0.2) is 0 Å². The predicted molar refractivity (Wildman–Crippen MR) is 170 cm³/mol. The van der Waals surface area contributed by atoms with Gasteiger partial charge in [-0.2, -0.15) is 0 Å². The van der Waals surface area contributed by atoms with Crippen LogP contribution in [-0.4, -0.2) is 60.1 Å². The molecular formula is C37H34N3O7+. The fourth-order valence-corrected chi connectivity index (χ4v) is 8.66. The van der Waals surface area contributed by atoms with Crippen LogP contribution >= 0.6 is 0 Å². The highest BCUT2D eigenvalue weighted by atomic mass is 16.7. The Kier molecular flexibility index (Phi) is 6.32. The summed E-state index contributed by atoms with van der Waals surface area (Å²) in [6.07, 6.45) is 7.65. The highest BCUT2D eigenvalue weighted by Gasteiger charge is 2.37. The summed E-state index contributed by atoms with van der Waals surface area (Å²) in [6.45, 7) is 4.04. The van der Waals surface area contributed by atoms with Crippen molar-refractivity contribution in [3.63, 3.8) is 0 Å². The van der Waals surface area contributed by atoms with Crippen molar-refractivity contribution in [1.29, 1.82) is 0 Å². The Morgan fingerprint density at radius 3 is 2.30 bits per heavy atom. The number of amides is 2. The molecule has 3 aromatic carbocycles. The number of aromatic carboxylic acids is 1. The van der Waals surface area contributed by atoms with Crippen LogP contribution in [0.3, 0.4) is 0 Å². The summed E-state index contributed by atoms with van der Waals surface area (Å²) in [7, 11) is 0. The lowest BCUT2D eigenvalue weighted by Crippen LogP contribution is -2.45. The summed E-state index contributed by atoms with van der Waals surface area (Å²) in [4.78, 5) is 58.5. The van der Waals surface area contributed by atoms with Crippen LogP contribution in [0, 0.1) is 0 Å². The van der Waals surface area contributed by atoms with Gasteiger partial charge >= 0.3 is 11.9 Å². The monoisotopic (exact) mass is 632 g/mol. The molecule has 9 rings (SSSR count). The fourth-order valence-electron chi connectivity index (χ4n) is 8.66. The zero-order chi connectivity index (χ0) is 32.0. The normalized spacial score (nSPS) is 19.1. The van der Waals surface area contributed by atoms with E-state index in [4.69, 9.17) is 9.57 Å². The Bertz CT molecular complexity index is 2090. The first kappa shape index (κ1) is 28.3. The van der Waals surface area contributed by atoms with Gasteiger partial charge in [-0.3, -0.25) is 9.59 Å². The van der Waals surface area contributed by atoms with Crippen LogP contribution < -0.4 is 24.8 Å². The molecule has 0 atom stereocenters. The maximum atomic E-state index is 13.4. The minimum atomic E-state index is -1.12. The molecule has 1 fully saturated rings. The number of hydrogen-bond acceptors (Lipinski definition) is 7. The Balaban J connectivity index is 1.34. The molecule has 0 spiro atoms. The van der Waals surface area contributed by atoms with Crippen LogP contribution in [0.2, 0.25) is 0 Å². The van der Waals surface area contributed by atoms with Crippen molar-refractivity contribution in [3.05, 3.63) is 85.4 Å². The largest absolute Gasteiger partial charge is 0.478 e. The number of fused-ring (bicyclic) bond motifs is 4. The molecule has 47 heavy (non-hydrogen) atoms. The van der Waals surface area contributed by atoms with Crippen molar-refractivity contribution in [2.75, 3.05) is 31.1 Å². The first-order valence-electron chi connectivity index (χ1n) is 16.8. The Morgan fingerprint density at radius 1 is 0.787 bits per heavy atom. The number of ether oxygens (including phenoxy) is 1. The molecule has 6 aliphatic rings. The van der Waals surface area contributed by atoms with Crippen molar-refractivity contribution in [2.45, 2.75) is 64.2 Å². The van der Waals surface area contributed by atoms with Crippen LogP contribution in [-0.2, 0) is 40.1 Å². The molecule has 6 aliphatic heterocycles. The Labute approximate surface area is 270 Å². The van der Waals surface area contributed by atoms with Crippen LogP contribution in [0.4, 0.5) is 5.69 Å². The maximum Gasteiger partial charge on any atom is 0.363 e. The molecule has 0 saturated carbocycles. The van der Waals surface area contributed by atoms with Crippen molar-refractivity contribution in [2.24, 2.45) is 0 Å². The minimum absolute atomic E-state index is 0.0189. The average Bonchev–Trinajstić information content (AvgIpc) is 3.40. The number of hydrogen-bond donors (Lipinski definition) is 1. The van der Waals surface area contributed by atoms with Gasteiger partial charge in [-0.05, 0) is 80.0 Å². The number of carboxylic acids is 1. The zero-order valence-corrected chi connectivity index (χ0v) is 26.0. The van der Waals surface area contributed by atoms with Gasteiger partial charge in [-0.1, -0.05) is 0 Å². The molecule has 1 N–H and O–H groups in total. The van der Waals surface area contributed by atoms with E-state index in [1.165, 1.54) is 45.4 Å². The van der Waals surface area contributed by atoms with E-state index in [1.54, 1.807) is 6.07 Å². The van der Waals surface area contributed by atoms with E-state index in [2.05, 4.69) is 21.6 Å². The summed E-state index contributed by atoms with van der Waals surface area (Å²) >= 11 is 0. The van der Waals surface area contributed by atoms with Crippen molar-refractivity contribution < 1.29 is 33.9 Å². The molecule has 2 amide bonds. The van der Waals surface area contributed by atoms with Gasteiger partial charge in [0.1, 0.15) is 24.6 Å². The summed E-state index contributed by atoms with van der Waals surface area (Å²) in [5, 5.41) is 13.1. The maximum absolute atomic E-state index is 13.4. The average molecular weight is 633 g/mol. The summed E-state index contributed by atoms with van der Waals surface area (Å²) < 4.78 is 9.53. The van der Waals surface area contributed by atoms with Gasteiger partial charge in [0.2, 0.25) is 5.36 Å². The number of aryl methyl sites for hydroxylation is 2. The third-order valence-corrected chi connectivity index (χ3v) is 10.6. The SMILES string of the molecule is O=C(ON1C(=O)CCC1=O)c1ccc(C(=O)O)c(C2=c3cc4c5c(c3Oc3c2cc2c6c3CCCN6CCC2)CCC[N+]=5CCC4)c1. The Morgan fingerprint density at radius 2 is 1.51 bits per heavy atom. The van der Waals surface area contributed by atoms with Gasteiger partial charge in [0, 0.05) is 71.9 Å². The zero-order valence-electron chi connectivity index (χ0n) is 26.0. The lowest BCUT2D eigenvalue weighted by Gasteiger charge is -2.39. The van der Waals surface area contributed by atoms with Crippen LogP contribution in [0.25, 0.3) is 5.57 Å². The Hall–Kier alpha value is -4.99. The van der Waals surface area contributed by atoms with Crippen LogP contribution in [0.5, 0.6) is 11.5 Å². The number of rotatable bonds is 4. The number of imide groups is 1. The second-order valence-electron chi connectivity index (χ2n) is 13.4. The summed E-state index contributed by atoms with van der Waals surface area (Å²) in [5.41, 5.74) is 8.10. The number of benzene rings is 3. The molecular weight excluding hydrogens is 598 g/mol. The molecule has 6 heterocycles. The first-order valence-corrected chi connectivity index (χ1v) is 16.8. The van der Waals surface area contributed by atoms with Crippen LogP contribution in [0.15, 0.2) is 30.3 Å². The smallest absolute Gasteiger partial charge is 0.363 e. The lowest BCUT2D eigenvalue weighted by molar-refractivity contribution is -0.172. The highest BCUT2D eigenvalue weighted by Crippen LogP contribution is 2.49. The molecule has 0 bridgehead atoms. The number of nitrogens with zero attached hydrogens (tertiary/aromatic N) is 3. The van der Waals surface area contributed by atoms with Gasteiger partial charge in [-0.15, -0.1) is 5.06 Å². The van der Waals surface area contributed by atoms with Gasteiger partial charge in [0.25, 0.3) is 11.8 Å². The van der Waals surface area contributed by atoms with E-state index in [0.717, 1.165) is 105 Å². The number of carboxylic acid groups (broad SMARTS) is 1. The third kappa shape index (κ3) is 4.26. The van der Waals surface area contributed by atoms with E-state index in [0.29, 0.717) is 10.6 Å². The number of carbonyl (C=O) groups is 4. The molecule has 0 aliphatic carbocycles. The molecule has 10 nitrogen and oxygen atoms in total. The van der Waals surface area contributed by atoms with E-state index < -0.39 is 23.8 Å². The van der Waals surface area contributed by atoms with E-state index >= 15 is 0 Å². The molecule has 0 aromatic heterocycles. The fraction of sp³-hybridized carbons (Fsp3) is 0.378. The van der Waals surface area contributed by atoms with E-state index in [9.17, 15) is 24.3 Å². The predicted octanol–water partition coefficient (Wildman–Crippen LogP) is 3.04. The molecule has 0 radical (unpaired) electrons. The van der Waals surface area contributed by atoms with Crippen molar-refractivity contribution in [1.82, 2.24) is 9.64 Å². The molecule has 238 valence electrons. The highest BCUT2D eigenvalue weighted by molar-refractivity contribution is 6.04. The number of hydroxylamine groups is 2. The molecule has 1 saturated heterocycles. The standard InChI is InChI=1S/C37H33N3O7/c41-29-11-12-30(42)40(29)47-37(45)22-9-10-23(36(43)44)26(19-22)31-27-17-20-5-1-13-38-15-3-7-24(32(20)38)34(27)46-35-25-8-4-16-39-14-2-6-21(33(25)39)18-28(31)35/h9-10,17-19H,1-8,11-16H2/p+1. The van der Waals surface area contributed by atoms with Gasteiger partial charge in [0.05, 0.1) is 16.7 Å². The first-order chi connectivity index (χ1) is 22.9. The van der Waals surface area contributed by atoms with Crippen molar-refractivity contribution in [3.8, 4) is 11.5 Å². The van der Waals surface area contributed by atoms with E-state index in [-0.39, 0.29) is 24.0 Å². The third-order valence-electron chi connectivity index (χ3n) is 10.6. The van der Waals surface area contributed by atoms with E-state index in [1.807, 2.05) is 0 Å². The van der Waals surface area contributed by atoms with Crippen LogP contribution in [0.1, 0.15) is 92.6 Å².